The van der Waals surface area contributed by atoms with Gasteiger partial charge in [-0.25, -0.2) is 4.79 Å². The van der Waals surface area contributed by atoms with E-state index in [1.54, 1.807) is 31.4 Å². The highest BCUT2D eigenvalue weighted by Gasteiger charge is 2.78. The summed E-state index contributed by atoms with van der Waals surface area (Å²) in [5, 5.41) is 13.0. The minimum atomic E-state index is -1.71. The summed E-state index contributed by atoms with van der Waals surface area (Å²) in [6.45, 7) is 4.78. The zero-order chi connectivity index (χ0) is 27.6. The van der Waals surface area contributed by atoms with Crippen LogP contribution in [0.25, 0.3) is 0 Å². The van der Waals surface area contributed by atoms with Gasteiger partial charge in [-0.1, -0.05) is 43.3 Å². The summed E-state index contributed by atoms with van der Waals surface area (Å²) in [6.07, 6.45) is 4.80. The minimum Gasteiger partial charge on any atom is -0.497 e. The quantitative estimate of drug-likeness (QED) is 0.448. The molecule has 39 heavy (non-hydrogen) atoms. The van der Waals surface area contributed by atoms with E-state index in [-0.39, 0.29) is 12.6 Å². The lowest BCUT2D eigenvalue weighted by Gasteiger charge is -2.64. The Balaban J connectivity index is 1.55. The van der Waals surface area contributed by atoms with Crippen molar-refractivity contribution >= 4 is 17.6 Å². The maximum atomic E-state index is 13.1. The zero-order valence-electron chi connectivity index (χ0n) is 22.9. The number of nitrogens with zero attached hydrogens (tertiary/aromatic N) is 2. The van der Waals surface area contributed by atoms with Crippen molar-refractivity contribution in [3.05, 3.63) is 71.8 Å². The Kier molecular flexibility index (Phi) is 6.04. The van der Waals surface area contributed by atoms with Crippen molar-refractivity contribution in [2.75, 3.05) is 38.8 Å². The van der Waals surface area contributed by atoms with Gasteiger partial charge < -0.3 is 24.2 Å². The number of hydrogen-bond donors (Lipinski definition) is 1. The molecule has 2 fully saturated rings. The normalized spacial score (nSPS) is 34.2. The van der Waals surface area contributed by atoms with E-state index in [1.807, 2.05) is 25.2 Å². The number of rotatable bonds is 6. The number of benzene rings is 2. The van der Waals surface area contributed by atoms with Crippen LogP contribution in [0.2, 0.25) is 0 Å². The molecule has 6 atom stereocenters. The van der Waals surface area contributed by atoms with Crippen LogP contribution >= 0.6 is 0 Å². The number of carbonyl (C=O) groups excluding carboxylic acids is 2. The summed E-state index contributed by atoms with van der Waals surface area (Å²) in [6, 6.07) is 14.3. The first-order valence-electron chi connectivity index (χ1n) is 13.7. The monoisotopic (exact) mass is 532 g/mol. The van der Waals surface area contributed by atoms with Gasteiger partial charge >= 0.3 is 11.9 Å². The van der Waals surface area contributed by atoms with Crippen LogP contribution in [-0.4, -0.2) is 79.6 Å². The Labute approximate surface area is 229 Å². The van der Waals surface area contributed by atoms with Gasteiger partial charge in [0.05, 0.1) is 18.7 Å². The van der Waals surface area contributed by atoms with Gasteiger partial charge in [0, 0.05) is 49.1 Å². The lowest BCUT2D eigenvalue weighted by atomic mass is 9.48. The summed E-state index contributed by atoms with van der Waals surface area (Å²) < 4.78 is 17.6. The van der Waals surface area contributed by atoms with Crippen molar-refractivity contribution in [2.45, 2.75) is 55.9 Å². The summed E-state index contributed by atoms with van der Waals surface area (Å²) in [5.41, 5.74) is -0.366. The fourth-order valence-corrected chi connectivity index (χ4v) is 8.45. The number of aliphatic hydroxyl groups is 1. The Morgan fingerprint density at radius 1 is 1.13 bits per heavy atom. The van der Waals surface area contributed by atoms with Crippen molar-refractivity contribution in [3.63, 3.8) is 0 Å². The molecule has 2 aromatic rings. The lowest BCUT2D eigenvalue weighted by molar-refractivity contribution is -0.228. The molecule has 1 aliphatic carbocycles. The molecule has 1 unspecified atom stereocenters. The van der Waals surface area contributed by atoms with Crippen LogP contribution in [0.15, 0.2) is 60.7 Å². The molecule has 8 heteroatoms. The third-order valence-electron chi connectivity index (χ3n) is 9.66. The first-order chi connectivity index (χ1) is 18.7. The summed E-state index contributed by atoms with van der Waals surface area (Å²) in [5.74, 6) is -0.276. The highest BCUT2D eigenvalue weighted by Crippen LogP contribution is 2.67. The van der Waals surface area contributed by atoms with Gasteiger partial charge in [-0.15, -0.1) is 0 Å². The van der Waals surface area contributed by atoms with Crippen molar-refractivity contribution < 1.29 is 28.9 Å². The molecule has 1 saturated carbocycles. The van der Waals surface area contributed by atoms with Gasteiger partial charge in [-0.3, -0.25) is 9.69 Å². The average molecular weight is 533 g/mol. The Bertz CT molecular complexity index is 1330. The zero-order valence-corrected chi connectivity index (χ0v) is 22.9. The van der Waals surface area contributed by atoms with E-state index in [0.29, 0.717) is 12.0 Å². The third kappa shape index (κ3) is 3.44. The molecular formula is C31H36N2O6. The van der Waals surface area contributed by atoms with E-state index < -0.39 is 40.5 Å². The molecule has 2 aromatic carbocycles. The fourth-order valence-electron chi connectivity index (χ4n) is 8.45. The smallest absolute Gasteiger partial charge is 0.338 e. The number of fused-ring (bicyclic) bond motifs is 1. The third-order valence-corrected chi connectivity index (χ3v) is 9.66. The molecule has 0 bridgehead atoms. The Morgan fingerprint density at radius 3 is 2.59 bits per heavy atom. The van der Waals surface area contributed by atoms with Gasteiger partial charge in [0.1, 0.15) is 18.5 Å². The van der Waals surface area contributed by atoms with E-state index in [1.165, 1.54) is 6.92 Å². The standard InChI is InChI=1S/C31H36N2O6/c1-5-29-14-9-16-33-17-15-30(26(29)33)23-13-12-22(37-4)18-24(23)32(3)27(30)31(36,28(29)39-20(2)34)19-38-25(35)21-10-7-6-8-11-21/h6-14,18,26-28,36H,5,15-17,19H2,1-4H3/t26-,27+,28+,29+,30+,31?/m0/s1. The maximum absolute atomic E-state index is 13.1. The molecule has 1 saturated heterocycles. The number of carbonyl (C=O) groups is 2. The molecule has 0 radical (unpaired) electrons. The highest BCUT2D eigenvalue weighted by atomic mass is 16.6. The van der Waals surface area contributed by atoms with Crippen LogP contribution in [0.1, 0.15) is 42.6 Å². The molecule has 206 valence electrons. The molecule has 3 aliphatic heterocycles. The predicted octanol–water partition coefficient (Wildman–Crippen LogP) is 3.33. The largest absolute Gasteiger partial charge is 0.497 e. The Hall–Kier alpha value is -3.36. The molecule has 1 spiro atoms. The van der Waals surface area contributed by atoms with Crippen LogP contribution in [-0.2, 0) is 19.7 Å². The van der Waals surface area contributed by atoms with E-state index in [4.69, 9.17) is 14.2 Å². The number of likely N-dealkylation sites (N-methyl/N-ethyl adjacent to an activating group) is 1. The molecular weight excluding hydrogens is 496 g/mol. The van der Waals surface area contributed by atoms with Crippen LogP contribution in [0.5, 0.6) is 5.75 Å². The number of ether oxygens (including phenoxy) is 3. The van der Waals surface area contributed by atoms with Gasteiger partial charge in [0.15, 0.2) is 5.60 Å². The maximum Gasteiger partial charge on any atom is 0.338 e. The highest BCUT2D eigenvalue weighted by molar-refractivity contribution is 5.89. The topological polar surface area (TPSA) is 88.5 Å². The van der Waals surface area contributed by atoms with E-state index in [9.17, 15) is 14.7 Å². The van der Waals surface area contributed by atoms with Crippen molar-refractivity contribution in [1.29, 1.82) is 0 Å². The second kappa shape index (κ2) is 9.10. The predicted molar refractivity (Wildman–Crippen MR) is 146 cm³/mol. The molecule has 1 N–H and O–H groups in total. The van der Waals surface area contributed by atoms with E-state index in [0.717, 1.165) is 36.5 Å². The Morgan fingerprint density at radius 2 is 1.90 bits per heavy atom. The summed E-state index contributed by atoms with van der Waals surface area (Å²) in [7, 11) is 3.61. The molecule has 6 rings (SSSR count). The molecule has 8 nitrogen and oxygen atoms in total. The van der Waals surface area contributed by atoms with Gasteiger partial charge in [-0.2, -0.15) is 0 Å². The van der Waals surface area contributed by atoms with Crippen LogP contribution in [0.3, 0.4) is 0 Å². The lowest BCUT2D eigenvalue weighted by Crippen LogP contribution is -2.80. The average Bonchev–Trinajstić information content (AvgIpc) is 3.46. The molecule has 4 aliphatic rings. The number of anilines is 1. The van der Waals surface area contributed by atoms with Gasteiger partial charge in [0.25, 0.3) is 0 Å². The number of esters is 2. The molecule has 3 heterocycles. The number of methoxy groups -OCH3 is 1. The second-order valence-corrected chi connectivity index (χ2v) is 11.4. The first kappa shape index (κ1) is 25.9. The molecule has 0 aromatic heterocycles. The van der Waals surface area contributed by atoms with Crippen LogP contribution in [0.4, 0.5) is 5.69 Å². The van der Waals surface area contributed by atoms with Crippen molar-refractivity contribution in [2.24, 2.45) is 5.41 Å². The summed E-state index contributed by atoms with van der Waals surface area (Å²) >= 11 is 0. The SMILES string of the molecule is CC[C@]12C=CCN3CC[C@@]4(c5ccc(OC)cc5N(C)[C@H]4C(O)(COC(=O)c4ccccc4)[C@@H]1OC(C)=O)[C@@H]32. The van der Waals surface area contributed by atoms with Crippen LogP contribution < -0.4 is 9.64 Å². The van der Waals surface area contributed by atoms with Crippen LogP contribution in [0, 0.1) is 5.41 Å². The minimum absolute atomic E-state index is 0.0171. The summed E-state index contributed by atoms with van der Waals surface area (Å²) in [4.78, 5) is 30.3. The molecule has 0 amide bonds. The second-order valence-electron chi connectivity index (χ2n) is 11.4. The van der Waals surface area contributed by atoms with Crippen molar-refractivity contribution in [3.8, 4) is 5.75 Å². The van der Waals surface area contributed by atoms with E-state index in [2.05, 4.69) is 34.9 Å². The van der Waals surface area contributed by atoms with Crippen molar-refractivity contribution in [1.82, 2.24) is 4.90 Å². The van der Waals surface area contributed by atoms with E-state index >= 15 is 0 Å². The number of hydrogen-bond acceptors (Lipinski definition) is 8. The van der Waals surface area contributed by atoms with Gasteiger partial charge in [0.2, 0.25) is 0 Å². The first-order valence-corrected chi connectivity index (χ1v) is 13.7. The van der Waals surface area contributed by atoms with Gasteiger partial charge in [-0.05, 0) is 43.1 Å². The fraction of sp³-hybridized carbons (Fsp3) is 0.484.